The Morgan fingerprint density at radius 1 is 1.18 bits per heavy atom. The van der Waals surface area contributed by atoms with Crippen LogP contribution in [0.15, 0.2) is 53.9 Å². The fraction of sp³-hybridized carbons (Fsp3) is 0.286. The lowest BCUT2D eigenvalue weighted by molar-refractivity contribution is -0.132. The number of aliphatic hydroxyl groups is 1. The van der Waals surface area contributed by atoms with Crippen molar-refractivity contribution >= 4 is 21.4 Å². The van der Waals surface area contributed by atoms with Crippen LogP contribution >= 0.6 is 0 Å². The maximum Gasteiger partial charge on any atom is 0.261 e. The first kappa shape index (κ1) is 22.8. The molecule has 4 rings (SSSR count). The smallest absolute Gasteiger partial charge is 0.261 e. The summed E-state index contributed by atoms with van der Waals surface area (Å²) in [7, 11) is -2.25. The van der Waals surface area contributed by atoms with E-state index in [0.717, 1.165) is 23.3 Å². The van der Waals surface area contributed by atoms with Gasteiger partial charge in [0.2, 0.25) is 0 Å². The molecule has 1 aromatic heterocycles. The molecule has 2 aromatic carbocycles. The van der Waals surface area contributed by atoms with Crippen molar-refractivity contribution in [1.29, 1.82) is 0 Å². The first-order valence-electron chi connectivity index (χ1n) is 9.93. The van der Waals surface area contributed by atoms with Gasteiger partial charge in [0.15, 0.2) is 9.84 Å². The molecule has 3 aromatic rings. The topological polar surface area (TPSA) is 109 Å². The zero-order valence-electron chi connectivity index (χ0n) is 18.0. The Hall–Kier alpha value is -3.38. The van der Waals surface area contributed by atoms with Gasteiger partial charge in [-0.25, -0.2) is 26.9 Å². The van der Waals surface area contributed by atoms with Crippen LogP contribution in [-0.2, 0) is 15.7 Å². The van der Waals surface area contributed by atoms with E-state index in [0.29, 0.717) is 6.07 Å². The number of sulfone groups is 1. The van der Waals surface area contributed by atoms with Gasteiger partial charge in [0, 0.05) is 19.4 Å². The van der Waals surface area contributed by atoms with Crippen molar-refractivity contribution in [3.63, 3.8) is 0 Å². The summed E-state index contributed by atoms with van der Waals surface area (Å²) in [4.78, 5) is 19.7. The van der Waals surface area contributed by atoms with E-state index in [1.54, 1.807) is 6.92 Å². The normalized spacial score (nSPS) is 19.5. The van der Waals surface area contributed by atoms with Crippen LogP contribution in [0.3, 0.4) is 0 Å². The Balaban J connectivity index is 2.02. The first-order chi connectivity index (χ1) is 15.5. The van der Waals surface area contributed by atoms with E-state index in [2.05, 4.69) is 10.1 Å². The summed E-state index contributed by atoms with van der Waals surface area (Å²) in [5.74, 6) is -5.10. The Kier molecular flexibility index (Phi) is 5.45. The second-order valence-electron chi connectivity index (χ2n) is 7.71. The number of nitrogens with zero attached hydrogens (tertiary/aromatic N) is 5. The fourth-order valence-corrected chi connectivity index (χ4v) is 4.72. The molecule has 0 saturated carbocycles. The van der Waals surface area contributed by atoms with Gasteiger partial charge in [0.25, 0.3) is 11.8 Å². The van der Waals surface area contributed by atoms with Gasteiger partial charge in [-0.2, -0.15) is 5.10 Å². The van der Waals surface area contributed by atoms with Crippen LogP contribution in [0, 0.1) is 11.6 Å². The third-order valence-corrected chi connectivity index (χ3v) is 6.82. The van der Waals surface area contributed by atoms with Crippen LogP contribution < -0.4 is 4.90 Å². The van der Waals surface area contributed by atoms with E-state index in [4.69, 9.17) is 0 Å². The number of hydrogen-bond acceptors (Lipinski definition) is 7. The number of anilines is 1. The fourth-order valence-electron chi connectivity index (χ4n) is 4.08. The number of benzene rings is 2. The third-order valence-electron chi connectivity index (χ3n) is 5.71. The molecule has 1 aliphatic rings. The van der Waals surface area contributed by atoms with Crippen molar-refractivity contribution in [2.45, 2.75) is 30.3 Å². The number of carbonyl (C=O) groups excluding carboxylic acids is 1. The number of carbonyl (C=O) groups is 1. The lowest BCUT2D eigenvalue weighted by Gasteiger charge is -2.52. The molecule has 0 bridgehead atoms. The molecule has 0 fully saturated rings. The quantitative estimate of drug-likeness (QED) is 0.601. The number of aromatic nitrogens is 3. The van der Waals surface area contributed by atoms with Gasteiger partial charge in [0.1, 0.15) is 30.5 Å². The van der Waals surface area contributed by atoms with E-state index in [1.807, 2.05) is 0 Å². The average molecular weight is 477 g/mol. The molecule has 2 atom stereocenters. The summed E-state index contributed by atoms with van der Waals surface area (Å²) in [6.07, 6.45) is 2.97. The van der Waals surface area contributed by atoms with Gasteiger partial charge in [-0.1, -0.05) is 6.92 Å². The number of rotatable bonds is 5. The third kappa shape index (κ3) is 3.55. The molecule has 12 heteroatoms. The highest BCUT2D eigenvalue weighted by Gasteiger charge is 2.53. The van der Waals surface area contributed by atoms with E-state index < -0.39 is 45.0 Å². The van der Waals surface area contributed by atoms with Crippen molar-refractivity contribution in [3.05, 3.63) is 71.8 Å². The van der Waals surface area contributed by atoms with E-state index in [9.17, 15) is 22.7 Å². The highest BCUT2D eigenvalue weighted by atomic mass is 32.2. The minimum atomic E-state index is -3.64. The molecule has 2 heterocycles. The maximum absolute atomic E-state index is 15.0. The van der Waals surface area contributed by atoms with Crippen LogP contribution in [0.4, 0.5) is 14.5 Å². The van der Waals surface area contributed by atoms with Crippen LogP contribution in [0.1, 0.15) is 35.4 Å². The zero-order chi connectivity index (χ0) is 24.1. The van der Waals surface area contributed by atoms with Gasteiger partial charge in [-0.05, 0) is 36.8 Å². The summed E-state index contributed by atoms with van der Waals surface area (Å²) in [5, 5.41) is 16.1. The summed E-state index contributed by atoms with van der Waals surface area (Å²) in [6, 6.07) is 6.47. The van der Waals surface area contributed by atoms with E-state index in [1.165, 1.54) is 47.5 Å². The molecule has 9 nitrogen and oxygen atoms in total. The zero-order valence-corrected chi connectivity index (χ0v) is 18.8. The molecule has 2 unspecified atom stereocenters. The Morgan fingerprint density at radius 3 is 2.48 bits per heavy atom. The SMILES string of the molecule is CCC(N1C(=O)c2ccc(S(C)(=O)=O)cc2N(C)C1(O)c1ccc(F)cc1F)n1cncn1. The highest BCUT2D eigenvalue weighted by molar-refractivity contribution is 7.90. The van der Waals surface area contributed by atoms with Crippen LogP contribution in [0.2, 0.25) is 0 Å². The Bertz CT molecular complexity index is 1330. The largest absolute Gasteiger partial charge is 0.350 e. The molecule has 0 radical (unpaired) electrons. The molecule has 0 aliphatic carbocycles. The minimum Gasteiger partial charge on any atom is -0.350 e. The molecular formula is C21H21F2N5O4S. The molecule has 0 spiro atoms. The lowest BCUT2D eigenvalue weighted by atomic mass is 9.97. The van der Waals surface area contributed by atoms with Gasteiger partial charge in [-0.3, -0.25) is 9.69 Å². The predicted molar refractivity (Wildman–Crippen MR) is 114 cm³/mol. The van der Waals surface area contributed by atoms with E-state index in [-0.39, 0.29) is 22.6 Å². The van der Waals surface area contributed by atoms with Crippen molar-refractivity contribution in [2.75, 3.05) is 18.2 Å². The van der Waals surface area contributed by atoms with Crippen LogP contribution in [0.25, 0.3) is 0 Å². The maximum atomic E-state index is 15.0. The van der Waals surface area contributed by atoms with Gasteiger partial charge in [0.05, 0.1) is 21.7 Å². The Morgan fingerprint density at radius 2 is 1.91 bits per heavy atom. The van der Waals surface area contributed by atoms with Gasteiger partial charge >= 0.3 is 0 Å². The summed E-state index contributed by atoms with van der Waals surface area (Å²) in [6.45, 7) is 1.74. The van der Waals surface area contributed by atoms with Gasteiger partial charge in [-0.15, -0.1) is 0 Å². The second kappa shape index (κ2) is 7.89. The molecule has 174 valence electrons. The molecular weight excluding hydrogens is 456 g/mol. The number of halogens is 2. The average Bonchev–Trinajstić information content (AvgIpc) is 3.28. The van der Waals surface area contributed by atoms with Crippen LogP contribution in [0.5, 0.6) is 0 Å². The molecule has 33 heavy (non-hydrogen) atoms. The van der Waals surface area contributed by atoms with Gasteiger partial charge < -0.3 is 10.0 Å². The van der Waals surface area contributed by atoms with Crippen molar-refractivity contribution in [1.82, 2.24) is 19.7 Å². The van der Waals surface area contributed by atoms with Crippen molar-refractivity contribution in [2.24, 2.45) is 0 Å². The first-order valence-corrected chi connectivity index (χ1v) is 11.8. The van der Waals surface area contributed by atoms with Crippen molar-refractivity contribution < 1.29 is 27.1 Å². The van der Waals surface area contributed by atoms with Crippen LogP contribution in [-0.4, -0.2) is 52.4 Å². The summed E-state index contributed by atoms with van der Waals surface area (Å²) < 4.78 is 54.2. The number of amides is 1. The second-order valence-corrected chi connectivity index (χ2v) is 9.72. The molecule has 1 aliphatic heterocycles. The minimum absolute atomic E-state index is 0.0684. The standard InChI is InChI=1S/C21H21F2N5O4S/c1-4-19(27-12-24-11-25-27)28-20(29)15-7-6-14(33(3,31)32)10-18(15)26(2)21(28,30)16-8-5-13(22)9-17(16)23/h5-12,19,30H,4H2,1-3H3. The summed E-state index contributed by atoms with van der Waals surface area (Å²) >= 11 is 0. The number of fused-ring (bicyclic) bond motifs is 1. The molecule has 1 N–H and O–H groups in total. The lowest BCUT2D eigenvalue weighted by Crippen LogP contribution is -2.64. The van der Waals surface area contributed by atoms with Crippen molar-refractivity contribution in [3.8, 4) is 0 Å². The molecule has 1 amide bonds. The number of hydrogen-bond donors (Lipinski definition) is 1. The Labute approximate surface area is 188 Å². The molecule has 0 saturated heterocycles. The predicted octanol–water partition coefficient (Wildman–Crippen LogP) is 2.26. The monoisotopic (exact) mass is 477 g/mol. The van der Waals surface area contributed by atoms with E-state index >= 15 is 4.39 Å². The summed E-state index contributed by atoms with van der Waals surface area (Å²) in [5.41, 5.74) is -0.233. The highest BCUT2D eigenvalue weighted by Crippen LogP contribution is 2.45.